The molecule has 2 fully saturated rings. The van der Waals surface area contributed by atoms with Crippen molar-refractivity contribution in [2.45, 2.75) is 71.4 Å². The highest BCUT2D eigenvalue weighted by Crippen LogP contribution is 2.34. The molecule has 18 heavy (non-hydrogen) atoms. The summed E-state index contributed by atoms with van der Waals surface area (Å²) in [5.41, 5.74) is 0. The maximum Gasteiger partial charge on any atom is 0.0223 e. The molecule has 2 aliphatic carbocycles. The molecule has 1 unspecified atom stereocenters. The molecule has 2 aliphatic rings. The van der Waals surface area contributed by atoms with E-state index < -0.39 is 0 Å². The van der Waals surface area contributed by atoms with Gasteiger partial charge in [-0.2, -0.15) is 0 Å². The molecule has 0 aromatic rings. The third kappa shape index (κ3) is 4.24. The van der Waals surface area contributed by atoms with Crippen molar-refractivity contribution < 1.29 is 0 Å². The first kappa shape index (κ1) is 14.3. The molecule has 0 saturated heterocycles. The van der Waals surface area contributed by atoms with Crippen molar-refractivity contribution >= 4 is 0 Å². The fourth-order valence-corrected chi connectivity index (χ4v) is 3.50. The minimum Gasteiger partial charge on any atom is -0.313 e. The minimum absolute atomic E-state index is 0.759. The van der Waals surface area contributed by atoms with Crippen molar-refractivity contribution in [1.29, 1.82) is 0 Å². The van der Waals surface area contributed by atoms with Crippen molar-refractivity contribution in [3.05, 3.63) is 0 Å². The highest BCUT2D eigenvalue weighted by Gasteiger charge is 2.33. The van der Waals surface area contributed by atoms with Gasteiger partial charge in [-0.3, -0.25) is 4.90 Å². The monoisotopic (exact) mass is 252 g/mol. The second-order valence-corrected chi connectivity index (χ2v) is 6.79. The van der Waals surface area contributed by atoms with Crippen LogP contribution in [0.2, 0.25) is 0 Å². The van der Waals surface area contributed by atoms with Gasteiger partial charge < -0.3 is 5.32 Å². The first-order valence-electron chi connectivity index (χ1n) is 8.18. The van der Waals surface area contributed by atoms with Gasteiger partial charge in [-0.25, -0.2) is 0 Å². The van der Waals surface area contributed by atoms with Crippen molar-refractivity contribution in [3.8, 4) is 0 Å². The summed E-state index contributed by atoms with van der Waals surface area (Å²) in [6.45, 7) is 10.7. The van der Waals surface area contributed by atoms with Gasteiger partial charge in [0, 0.05) is 25.2 Å². The third-order valence-electron chi connectivity index (χ3n) is 4.53. The zero-order valence-electron chi connectivity index (χ0n) is 12.6. The SMILES string of the molecule is CCNC(CN(CC(C)C)C1CCCC1)C1CC1. The quantitative estimate of drug-likeness (QED) is 0.713. The maximum atomic E-state index is 3.73. The molecule has 0 heterocycles. The molecule has 1 N–H and O–H groups in total. The normalized spacial score (nSPS) is 23.2. The van der Waals surface area contributed by atoms with Gasteiger partial charge >= 0.3 is 0 Å². The third-order valence-corrected chi connectivity index (χ3v) is 4.53. The summed E-state index contributed by atoms with van der Waals surface area (Å²) in [5, 5.41) is 3.73. The van der Waals surface area contributed by atoms with Gasteiger partial charge in [0.05, 0.1) is 0 Å². The molecule has 2 saturated carbocycles. The summed E-state index contributed by atoms with van der Waals surface area (Å²) in [4.78, 5) is 2.81. The summed E-state index contributed by atoms with van der Waals surface area (Å²) >= 11 is 0. The minimum atomic E-state index is 0.759. The van der Waals surface area contributed by atoms with E-state index in [1.54, 1.807) is 0 Å². The van der Waals surface area contributed by atoms with Crippen LogP contribution in [0.15, 0.2) is 0 Å². The van der Waals surface area contributed by atoms with Gasteiger partial charge in [-0.1, -0.05) is 33.6 Å². The average molecular weight is 252 g/mol. The van der Waals surface area contributed by atoms with Gasteiger partial charge in [-0.15, -0.1) is 0 Å². The predicted molar refractivity (Wildman–Crippen MR) is 78.9 cm³/mol. The van der Waals surface area contributed by atoms with E-state index in [9.17, 15) is 0 Å². The molecule has 0 amide bonds. The van der Waals surface area contributed by atoms with E-state index in [4.69, 9.17) is 0 Å². The summed E-state index contributed by atoms with van der Waals surface area (Å²) in [6.07, 6.45) is 8.70. The number of rotatable bonds is 8. The Morgan fingerprint density at radius 3 is 2.22 bits per heavy atom. The largest absolute Gasteiger partial charge is 0.313 e. The van der Waals surface area contributed by atoms with E-state index in [-0.39, 0.29) is 0 Å². The number of likely N-dealkylation sites (N-methyl/N-ethyl adjacent to an activating group) is 1. The number of hydrogen-bond acceptors (Lipinski definition) is 2. The standard InChI is InChI=1S/C16H32N2/c1-4-17-16(14-9-10-14)12-18(11-13(2)3)15-7-5-6-8-15/h13-17H,4-12H2,1-3H3. The van der Waals surface area contributed by atoms with Crippen LogP contribution in [0, 0.1) is 11.8 Å². The van der Waals surface area contributed by atoms with Crippen molar-refractivity contribution in [2.24, 2.45) is 11.8 Å². The molecule has 0 spiro atoms. The van der Waals surface area contributed by atoms with Crippen LogP contribution in [0.4, 0.5) is 0 Å². The van der Waals surface area contributed by atoms with E-state index in [1.165, 1.54) is 51.6 Å². The Morgan fingerprint density at radius 2 is 1.72 bits per heavy atom. The number of nitrogens with one attached hydrogen (secondary N) is 1. The molecule has 0 aromatic heterocycles. The summed E-state index contributed by atoms with van der Waals surface area (Å²) in [7, 11) is 0. The molecule has 2 nitrogen and oxygen atoms in total. The van der Waals surface area contributed by atoms with E-state index in [2.05, 4.69) is 31.0 Å². The zero-order valence-corrected chi connectivity index (χ0v) is 12.6. The maximum absolute atomic E-state index is 3.73. The Labute approximate surface area is 114 Å². The highest BCUT2D eigenvalue weighted by atomic mass is 15.2. The Balaban J connectivity index is 1.89. The van der Waals surface area contributed by atoms with E-state index in [0.29, 0.717) is 0 Å². The molecule has 0 radical (unpaired) electrons. The summed E-state index contributed by atoms with van der Waals surface area (Å²) in [6, 6.07) is 1.64. The van der Waals surface area contributed by atoms with Crippen LogP contribution in [0.3, 0.4) is 0 Å². The fraction of sp³-hybridized carbons (Fsp3) is 1.00. The molecule has 2 heteroatoms. The van der Waals surface area contributed by atoms with Gasteiger partial charge in [0.15, 0.2) is 0 Å². The molecule has 1 atom stereocenters. The lowest BCUT2D eigenvalue weighted by molar-refractivity contribution is 0.153. The molecular weight excluding hydrogens is 220 g/mol. The first-order valence-corrected chi connectivity index (χ1v) is 8.18. The van der Waals surface area contributed by atoms with Gasteiger partial charge in [0.25, 0.3) is 0 Å². The van der Waals surface area contributed by atoms with Gasteiger partial charge in [0.2, 0.25) is 0 Å². The van der Waals surface area contributed by atoms with Crippen LogP contribution in [-0.4, -0.2) is 36.6 Å². The summed E-state index contributed by atoms with van der Waals surface area (Å²) < 4.78 is 0. The Morgan fingerprint density at radius 1 is 1.06 bits per heavy atom. The van der Waals surface area contributed by atoms with Crippen LogP contribution in [0.5, 0.6) is 0 Å². The smallest absolute Gasteiger partial charge is 0.0223 e. The Hall–Kier alpha value is -0.0800. The zero-order chi connectivity index (χ0) is 13.0. The predicted octanol–water partition coefficient (Wildman–Crippen LogP) is 3.28. The van der Waals surface area contributed by atoms with Crippen LogP contribution in [-0.2, 0) is 0 Å². The number of hydrogen-bond donors (Lipinski definition) is 1. The Bertz CT molecular complexity index is 229. The lowest BCUT2D eigenvalue weighted by atomic mass is 10.1. The Kier molecular flexibility index (Phi) is 5.50. The van der Waals surface area contributed by atoms with Crippen molar-refractivity contribution in [2.75, 3.05) is 19.6 Å². The highest BCUT2D eigenvalue weighted by molar-refractivity contribution is 4.90. The topological polar surface area (TPSA) is 15.3 Å². The molecule has 2 rings (SSSR count). The number of nitrogens with zero attached hydrogens (tertiary/aromatic N) is 1. The van der Waals surface area contributed by atoms with Gasteiger partial charge in [-0.05, 0) is 44.1 Å². The lowest BCUT2D eigenvalue weighted by Gasteiger charge is -2.34. The second-order valence-electron chi connectivity index (χ2n) is 6.79. The summed E-state index contributed by atoms with van der Waals surface area (Å²) in [5.74, 6) is 1.77. The van der Waals surface area contributed by atoms with Crippen molar-refractivity contribution in [3.63, 3.8) is 0 Å². The van der Waals surface area contributed by atoms with E-state index in [1.807, 2.05) is 0 Å². The lowest BCUT2D eigenvalue weighted by Crippen LogP contribution is -2.47. The van der Waals surface area contributed by atoms with Crippen LogP contribution < -0.4 is 5.32 Å². The first-order chi connectivity index (χ1) is 8.70. The van der Waals surface area contributed by atoms with E-state index in [0.717, 1.165) is 30.5 Å². The molecular formula is C16H32N2. The molecule has 0 bridgehead atoms. The van der Waals surface area contributed by atoms with Crippen LogP contribution in [0.1, 0.15) is 59.3 Å². The van der Waals surface area contributed by atoms with Crippen LogP contribution in [0.25, 0.3) is 0 Å². The van der Waals surface area contributed by atoms with Crippen LogP contribution >= 0.6 is 0 Å². The van der Waals surface area contributed by atoms with Crippen molar-refractivity contribution in [1.82, 2.24) is 10.2 Å². The molecule has 0 aliphatic heterocycles. The average Bonchev–Trinajstić information content (AvgIpc) is 3.02. The molecule has 106 valence electrons. The second kappa shape index (κ2) is 6.91. The van der Waals surface area contributed by atoms with Gasteiger partial charge in [0.1, 0.15) is 0 Å². The molecule has 0 aromatic carbocycles. The fourth-order valence-electron chi connectivity index (χ4n) is 3.50. The van der Waals surface area contributed by atoms with E-state index >= 15 is 0 Å².